The van der Waals surface area contributed by atoms with Crippen LogP contribution in [0.4, 0.5) is 0 Å². The van der Waals surface area contributed by atoms with Gasteiger partial charge in [0.25, 0.3) is 10.0 Å². The maximum absolute atomic E-state index is 12.2. The number of hydrogen-bond donors (Lipinski definition) is 0. The lowest BCUT2D eigenvalue weighted by molar-refractivity contribution is -0.143. The minimum absolute atomic E-state index is 0.0979. The highest BCUT2D eigenvalue weighted by Gasteiger charge is 2.29. The molecule has 0 bridgehead atoms. The van der Waals surface area contributed by atoms with Gasteiger partial charge in [0.2, 0.25) is 5.03 Å². The Morgan fingerprint density at radius 3 is 2.61 bits per heavy atom. The van der Waals surface area contributed by atoms with Crippen molar-refractivity contribution in [3.63, 3.8) is 0 Å². The number of ether oxygens (including phenoxy) is 1. The van der Waals surface area contributed by atoms with Crippen LogP contribution in [0.15, 0.2) is 9.63 Å². The maximum atomic E-state index is 12.2. The molecule has 18 heavy (non-hydrogen) atoms. The van der Waals surface area contributed by atoms with E-state index in [0.717, 1.165) is 8.99 Å². The van der Waals surface area contributed by atoms with Gasteiger partial charge in [-0.15, -0.1) is 5.10 Å². The van der Waals surface area contributed by atoms with Gasteiger partial charge in [0.05, 0.1) is 6.61 Å². The smallest absolute Gasteiger partial charge is 0.321 e. The first-order valence-electron chi connectivity index (χ1n) is 4.97. The Morgan fingerprint density at radius 1 is 1.56 bits per heavy atom. The van der Waals surface area contributed by atoms with Gasteiger partial charge in [-0.05, 0) is 22.9 Å². The van der Waals surface area contributed by atoms with Crippen molar-refractivity contribution in [1.29, 1.82) is 0 Å². The lowest BCUT2D eigenvalue weighted by atomic mass is 10.6. The molecule has 10 heteroatoms. The summed E-state index contributed by atoms with van der Waals surface area (Å²) in [5.74, 6) is -0.616. The molecule has 8 nitrogen and oxygen atoms in total. The molecular weight excluding hydrogens is 328 g/mol. The molecule has 0 unspecified atom stereocenters. The molecule has 1 rings (SSSR count). The minimum Gasteiger partial charge on any atom is -0.465 e. The highest BCUT2D eigenvalue weighted by molar-refractivity contribution is 9.10. The molecule has 0 amide bonds. The van der Waals surface area contributed by atoms with E-state index in [1.54, 1.807) is 6.92 Å². The van der Waals surface area contributed by atoms with Crippen LogP contribution in [0.2, 0.25) is 0 Å². The second-order valence-corrected chi connectivity index (χ2v) is 6.09. The second kappa shape index (κ2) is 5.76. The zero-order valence-electron chi connectivity index (χ0n) is 10.1. The van der Waals surface area contributed by atoms with Gasteiger partial charge < -0.3 is 4.74 Å². The highest BCUT2D eigenvalue weighted by atomic mass is 79.9. The lowest BCUT2D eigenvalue weighted by Gasteiger charge is -2.15. The molecule has 1 aromatic heterocycles. The molecule has 0 radical (unpaired) electrons. The summed E-state index contributed by atoms with van der Waals surface area (Å²) >= 11 is 3.00. The molecule has 0 spiro atoms. The van der Waals surface area contributed by atoms with E-state index in [-0.39, 0.29) is 22.8 Å². The molecule has 0 aliphatic heterocycles. The standard InChI is InChI=1S/C8H13BrN4O4S/c1-4-17-6(14)5-12(2)18(15,16)8-7(9)10-11-13(8)3/h4-5H2,1-3H3. The fourth-order valence-corrected chi connectivity index (χ4v) is 3.35. The van der Waals surface area contributed by atoms with Crippen molar-refractivity contribution < 1.29 is 17.9 Å². The maximum Gasteiger partial charge on any atom is 0.321 e. The van der Waals surface area contributed by atoms with Crippen LogP contribution in [0, 0.1) is 0 Å². The Bertz CT molecular complexity index is 522. The molecular formula is C8H13BrN4O4S. The van der Waals surface area contributed by atoms with Gasteiger partial charge in [-0.25, -0.2) is 13.1 Å². The van der Waals surface area contributed by atoms with Crippen LogP contribution in [0.1, 0.15) is 6.92 Å². The molecule has 0 saturated heterocycles. The van der Waals surface area contributed by atoms with E-state index in [1.165, 1.54) is 14.1 Å². The number of aromatic nitrogens is 3. The van der Waals surface area contributed by atoms with Gasteiger partial charge >= 0.3 is 5.97 Å². The summed E-state index contributed by atoms with van der Waals surface area (Å²) < 4.78 is 31.1. The van der Waals surface area contributed by atoms with Gasteiger partial charge in [-0.1, -0.05) is 5.21 Å². The zero-order chi connectivity index (χ0) is 13.9. The van der Waals surface area contributed by atoms with E-state index in [1.807, 2.05) is 0 Å². The number of esters is 1. The highest BCUT2D eigenvalue weighted by Crippen LogP contribution is 2.20. The van der Waals surface area contributed by atoms with Crippen molar-refractivity contribution in [1.82, 2.24) is 19.3 Å². The van der Waals surface area contributed by atoms with Crippen LogP contribution < -0.4 is 0 Å². The molecule has 1 heterocycles. The summed E-state index contributed by atoms with van der Waals surface area (Å²) in [5.41, 5.74) is 0. The number of halogens is 1. The Kier molecular flexibility index (Phi) is 4.82. The third-order valence-corrected chi connectivity index (χ3v) is 4.74. The Balaban J connectivity index is 2.97. The van der Waals surface area contributed by atoms with E-state index >= 15 is 0 Å². The molecule has 0 atom stereocenters. The van der Waals surface area contributed by atoms with Crippen molar-refractivity contribution in [3.05, 3.63) is 4.60 Å². The largest absolute Gasteiger partial charge is 0.465 e. The molecule has 1 aromatic rings. The summed E-state index contributed by atoms with van der Waals surface area (Å²) in [5, 5.41) is 7.05. The van der Waals surface area contributed by atoms with Crippen molar-refractivity contribution in [2.75, 3.05) is 20.2 Å². The number of carbonyl (C=O) groups excluding carboxylic acids is 1. The molecule has 102 valence electrons. The molecule has 0 saturated carbocycles. The van der Waals surface area contributed by atoms with Crippen molar-refractivity contribution in [2.24, 2.45) is 7.05 Å². The molecule has 0 aromatic carbocycles. The summed E-state index contributed by atoms with van der Waals surface area (Å²) in [4.78, 5) is 11.3. The first-order valence-corrected chi connectivity index (χ1v) is 7.21. The lowest BCUT2D eigenvalue weighted by Crippen LogP contribution is -2.34. The Hall–Kier alpha value is -1.00. The van der Waals surface area contributed by atoms with Crippen molar-refractivity contribution in [2.45, 2.75) is 11.9 Å². The quantitative estimate of drug-likeness (QED) is 0.686. The predicted octanol–water partition coefficient (Wildman–Crippen LogP) is -0.239. The minimum atomic E-state index is -3.85. The first kappa shape index (κ1) is 15.1. The fourth-order valence-electron chi connectivity index (χ4n) is 1.22. The third-order valence-electron chi connectivity index (χ3n) is 2.05. The fraction of sp³-hybridized carbons (Fsp3) is 0.625. The van der Waals surface area contributed by atoms with Crippen LogP contribution >= 0.6 is 15.9 Å². The summed E-state index contributed by atoms with van der Waals surface area (Å²) in [7, 11) is -1.12. The zero-order valence-corrected chi connectivity index (χ0v) is 12.5. The number of hydrogen-bond acceptors (Lipinski definition) is 6. The molecule has 0 aliphatic rings. The van der Waals surface area contributed by atoms with Gasteiger partial charge in [0.1, 0.15) is 6.54 Å². The van der Waals surface area contributed by atoms with Gasteiger partial charge in [-0.3, -0.25) is 4.79 Å². The van der Waals surface area contributed by atoms with Crippen LogP contribution in [-0.4, -0.2) is 53.9 Å². The average molecular weight is 341 g/mol. The number of sulfonamides is 1. The van der Waals surface area contributed by atoms with Crippen LogP contribution in [0.3, 0.4) is 0 Å². The first-order chi connectivity index (χ1) is 8.30. The number of rotatable bonds is 5. The number of nitrogens with zero attached hydrogens (tertiary/aromatic N) is 4. The molecule has 0 aliphatic carbocycles. The normalized spacial score (nSPS) is 11.8. The number of likely N-dealkylation sites (N-methyl/N-ethyl adjacent to an activating group) is 1. The van der Waals surface area contributed by atoms with E-state index < -0.39 is 16.0 Å². The number of aryl methyl sites for hydroxylation is 1. The molecule has 0 fully saturated rings. The van der Waals surface area contributed by atoms with Crippen molar-refractivity contribution >= 4 is 31.9 Å². The van der Waals surface area contributed by atoms with Crippen LogP contribution in [0.25, 0.3) is 0 Å². The van der Waals surface area contributed by atoms with E-state index in [9.17, 15) is 13.2 Å². The second-order valence-electron chi connectivity index (χ2n) is 3.38. The van der Waals surface area contributed by atoms with E-state index in [0.29, 0.717) is 0 Å². The summed E-state index contributed by atoms with van der Waals surface area (Å²) in [6.45, 7) is 1.48. The predicted molar refractivity (Wildman–Crippen MR) is 65.2 cm³/mol. The molecule has 0 N–H and O–H groups in total. The monoisotopic (exact) mass is 340 g/mol. The van der Waals surface area contributed by atoms with E-state index in [2.05, 4.69) is 26.2 Å². The summed E-state index contributed by atoms with van der Waals surface area (Å²) in [6.07, 6.45) is 0. The van der Waals surface area contributed by atoms with Gasteiger partial charge in [-0.2, -0.15) is 4.31 Å². The SMILES string of the molecule is CCOC(=O)CN(C)S(=O)(=O)c1c(Br)nnn1C. The van der Waals surface area contributed by atoms with Gasteiger partial charge in [0.15, 0.2) is 4.60 Å². The third kappa shape index (κ3) is 3.06. The summed E-state index contributed by atoms with van der Waals surface area (Å²) in [6, 6.07) is 0. The van der Waals surface area contributed by atoms with Crippen LogP contribution in [0.5, 0.6) is 0 Å². The van der Waals surface area contributed by atoms with E-state index in [4.69, 9.17) is 4.74 Å². The van der Waals surface area contributed by atoms with Gasteiger partial charge in [0, 0.05) is 14.1 Å². The van der Waals surface area contributed by atoms with Crippen molar-refractivity contribution in [3.8, 4) is 0 Å². The Morgan fingerprint density at radius 2 is 2.17 bits per heavy atom. The topological polar surface area (TPSA) is 94.4 Å². The average Bonchev–Trinajstić information content (AvgIpc) is 2.59. The van der Waals surface area contributed by atoms with Crippen LogP contribution in [-0.2, 0) is 26.6 Å². The Labute approximate surface area is 113 Å². The number of carbonyl (C=O) groups is 1.